The van der Waals surface area contributed by atoms with Crippen LogP contribution >= 0.6 is 0 Å². The van der Waals surface area contributed by atoms with Crippen molar-refractivity contribution in [1.29, 1.82) is 0 Å². The van der Waals surface area contributed by atoms with Crippen molar-refractivity contribution in [3.05, 3.63) is 59.9 Å². The predicted octanol–water partition coefficient (Wildman–Crippen LogP) is 3.28. The van der Waals surface area contributed by atoms with E-state index in [2.05, 4.69) is 22.0 Å². The highest BCUT2D eigenvalue weighted by molar-refractivity contribution is 5.91. The third-order valence-corrected chi connectivity index (χ3v) is 5.74. The van der Waals surface area contributed by atoms with E-state index in [0.29, 0.717) is 11.5 Å². The van der Waals surface area contributed by atoms with E-state index in [4.69, 9.17) is 9.47 Å². The first-order valence-electron chi connectivity index (χ1n) is 10.4. The summed E-state index contributed by atoms with van der Waals surface area (Å²) in [5, 5.41) is 0. The lowest BCUT2D eigenvalue weighted by molar-refractivity contribution is -0.127. The van der Waals surface area contributed by atoms with E-state index in [-0.39, 0.29) is 11.9 Å². The van der Waals surface area contributed by atoms with Crippen LogP contribution in [0.2, 0.25) is 0 Å². The minimum atomic E-state index is 0.0278. The number of nitrogens with zero attached hydrogens (tertiary/aromatic N) is 3. The lowest BCUT2D eigenvalue weighted by Gasteiger charge is -2.36. The SMILES string of the molecule is COc1ccc(/C=C/C(=O)N(C)C2CCN(CCc3ccncc3)CC2)cc1OC. The fraction of sp³-hybridized carbons (Fsp3) is 0.417. The van der Waals surface area contributed by atoms with Crippen LogP contribution in [0.3, 0.4) is 0 Å². The number of benzene rings is 1. The summed E-state index contributed by atoms with van der Waals surface area (Å²) in [7, 11) is 5.11. The Morgan fingerprint density at radius 2 is 1.83 bits per heavy atom. The van der Waals surface area contributed by atoms with E-state index in [1.54, 1.807) is 20.3 Å². The molecule has 0 unspecified atom stereocenters. The van der Waals surface area contributed by atoms with Crippen LogP contribution in [0.25, 0.3) is 6.08 Å². The van der Waals surface area contributed by atoms with Crippen molar-refractivity contribution in [3.8, 4) is 11.5 Å². The number of pyridine rings is 1. The third kappa shape index (κ3) is 5.83. The van der Waals surface area contributed by atoms with Gasteiger partial charge in [0.15, 0.2) is 11.5 Å². The number of rotatable bonds is 8. The second-order valence-electron chi connectivity index (χ2n) is 7.58. The van der Waals surface area contributed by atoms with Gasteiger partial charge in [0.1, 0.15) is 0 Å². The molecule has 0 radical (unpaired) electrons. The van der Waals surface area contributed by atoms with Gasteiger partial charge >= 0.3 is 0 Å². The van der Waals surface area contributed by atoms with Crippen molar-refractivity contribution in [2.75, 3.05) is 40.9 Å². The van der Waals surface area contributed by atoms with Gasteiger partial charge < -0.3 is 19.3 Å². The number of carbonyl (C=O) groups is 1. The Balaban J connectivity index is 1.48. The number of methoxy groups -OCH3 is 2. The van der Waals surface area contributed by atoms with Gasteiger partial charge in [-0.15, -0.1) is 0 Å². The minimum absolute atomic E-state index is 0.0278. The maximum atomic E-state index is 12.6. The number of aromatic nitrogens is 1. The van der Waals surface area contributed by atoms with Crippen LogP contribution in [0, 0.1) is 0 Å². The molecule has 2 aromatic rings. The third-order valence-electron chi connectivity index (χ3n) is 5.74. The second kappa shape index (κ2) is 10.8. The number of likely N-dealkylation sites (N-methyl/N-ethyl adjacent to an activating group) is 1. The van der Waals surface area contributed by atoms with Gasteiger partial charge in [0.2, 0.25) is 5.91 Å². The molecule has 6 heteroatoms. The van der Waals surface area contributed by atoms with E-state index < -0.39 is 0 Å². The summed E-state index contributed by atoms with van der Waals surface area (Å²) in [4.78, 5) is 21.1. The van der Waals surface area contributed by atoms with Gasteiger partial charge in [-0.2, -0.15) is 0 Å². The molecular weight excluding hydrogens is 378 g/mol. The van der Waals surface area contributed by atoms with Crippen LogP contribution in [-0.4, -0.2) is 67.6 Å². The van der Waals surface area contributed by atoms with Gasteiger partial charge in [0.05, 0.1) is 14.2 Å². The van der Waals surface area contributed by atoms with Crippen LogP contribution in [0.1, 0.15) is 24.0 Å². The largest absolute Gasteiger partial charge is 0.493 e. The monoisotopic (exact) mass is 409 g/mol. The Hall–Kier alpha value is -2.86. The molecular formula is C24H31N3O3. The Bertz CT molecular complexity index is 846. The molecule has 1 amide bonds. The maximum absolute atomic E-state index is 12.6. The summed E-state index contributed by atoms with van der Waals surface area (Å²) < 4.78 is 10.6. The summed E-state index contributed by atoms with van der Waals surface area (Å²) in [5.41, 5.74) is 2.22. The molecule has 0 N–H and O–H groups in total. The van der Waals surface area contributed by atoms with Crippen LogP contribution in [0.4, 0.5) is 0 Å². The lowest BCUT2D eigenvalue weighted by atomic mass is 10.0. The van der Waals surface area contributed by atoms with E-state index >= 15 is 0 Å². The summed E-state index contributed by atoms with van der Waals surface area (Å²) >= 11 is 0. The standard InChI is InChI=1S/C24H31N3O3/c1-26(24(28)7-5-20-4-6-22(29-2)23(18-20)30-3)21-11-16-27(17-12-21)15-10-19-8-13-25-14-9-19/h4-9,13-14,18,21H,10-12,15-17H2,1-3H3/b7-5+. The summed E-state index contributed by atoms with van der Waals surface area (Å²) in [6, 6.07) is 10.0. The first-order chi connectivity index (χ1) is 14.6. The molecule has 1 fully saturated rings. The minimum Gasteiger partial charge on any atom is -0.493 e. The molecule has 1 aliphatic rings. The van der Waals surface area contributed by atoms with Crippen molar-refractivity contribution >= 4 is 12.0 Å². The maximum Gasteiger partial charge on any atom is 0.246 e. The van der Waals surface area contributed by atoms with Crippen LogP contribution in [0.5, 0.6) is 11.5 Å². The number of likely N-dealkylation sites (tertiary alicyclic amines) is 1. The zero-order valence-corrected chi connectivity index (χ0v) is 18.1. The molecule has 0 spiro atoms. The van der Waals surface area contributed by atoms with Gasteiger partial charge in [-0.3, -0.25) is 9.78 Å². The zero-order chi connectivity index (χ0) is 21.3. The Kier molecular flexibility index (Phi) is 7.85. The zero-order valence-electron chi connectivity index (χ0n) is 18.1. The molecule has 30 heavy (non-hydrogen) atoms. The molecule has 2 heterocycles. The van der Waals surface area contributed by atoms with E-state index in [1.165, 1.54) is 5.56 Å². The predicted molar refractivity (Wildman–Crippen MR) is 119 cm³/mol. The van der Waals surface area contributed by atoms with Gasteiger partial charge in [-0.1, -0.05) is 6.07 Å². The Labute approximate surface area is 179 Å². The summed E-state index contributed by atoms with van der Waals surface area (Å²) in [6.07, 6.45) is 10.2. The fourth-order valence-electron chi connectivity index (χ4n) is 3.79. The first-order valence-corrected chi connectivity index (χ1v) is 10.4. The first kappa shape index (κ1) is 21.8. The van der Waals surface area contributed by atoms with E-state index in [1.807, 2.05) is 48.6 Å². The quantitative estimate of drug-likeness (QED) is 0.627. The molecule has 1 saturated heterocycles. The number of ether oxygens (including phenoxy) is 2. The number of amides is 1. The topological polar surface area (TPSA) is 54.9 Å². The molecule has 0 saturated carbocycles. The highest BCUT2D eigenvalue weighted by Gasteiger charge is 2.24. The van der Waals surface area contributed by atoms with Crippen molar-refractivity contribution < 1.29 is 14.3 Å². The van der Waals surface area contributed by atoms with E-state index in [0.717, 1.165) is 44.5 Å². The van der Waals surface area contributed by atoms with Crippen molar-refractivity contribution in [1.82, 2.24) is 14.8 Å². The van der Waals surface area contributed by atoms with Crippen LogP contribution < -0.4 is 9.47 Å². The molecule has 1 aromatic heterocycles. The van der Waals surface area contributed by atoms with Crippen molar-refractivity contribution in [2.24, 2.45) is 0 Å². The molecule has 1 aliphatic heterocycles. The van der Waals surface area contributed by atoms with Crippen molar-refractivity contribution in [3.63, 3.8) is 0 Å². The molecule has 0 atom stereocenters. The normalized spacial score (nSPS) is 15.3. The highest BCUT2D eigenvalue weighted by Crippen LogP contribution is 2.28. The van der Waals surface area contributed by atoms with E-state index in [9.17, 15) is 4.79 Å². The Morgan fingerprint density at radius 1 is 1.13 bits per heavy atom. The van der Waals surface area contributed by atoms with Gasteiger partial charge in [0, 0.05) is 51.2 Å². The Morgan fingerprint density at radius 3 is 2.50 bits per heavy atom. The number of carbonyl (C=O) groups excluding carboxylic acids is 1. The lowest BCUT2D eigenvalue weighted by Crippen LogP contribution is -2.45. The van der Waals surface area contributed by atoms with Crippen LogP contribution in [-0.2, 0) is 11.2 Å². The summed E-state index contributed by atoms with van der Waals surface area (Å²) in [5.74, 6) is 1.35. The molecule has 0 bridgehead atoms. The smallest absolute Gasteiger partial charge is 0.246 e. The highest BCUT2D eigenvalue weighted by atomic mass is 16.5. The number of piperidine rings is 1. The average molecular weight is 410 g/mol. The molecule has 0 aliphatic carbocycles. The van der Waals surface area contributed by atoms with Gasteiger partial charge in [0.25, 0.3) is 0 Å². The molecule has 1 aromatic carbocycles. The number of hydrogen-bond donors (Lipinski definition) is 0. The van der Waals surface area contributed by atoms with Crippen LogP contribution in [0.15, 0.2) is 48.8 Å². The fourth-order valence-corrected chi connectivity index (χ4v) is 3.79. The molecule has 6 nitrogen and oxygen atoms in total. The summed E-state index contributed by atoms with van der Waals surface area (Å²) in [6.45, 7) is 3.09. The average Bonchev–Trinajstić information content (AvgIpc) is 2.81. The van der Waals surface area contributed by atoms with Crippen molar-refractivity contribution in [2.45, 2.75) is 25.3 Å². The second-order valence-corrected chi connectivity index (χ2v) is 7.58. The molecule has 160 valence electrons. The van der Waals surface area contributed by atoms with Gasteiger partial charge in [-0.25, -0.2) is 0 Å². The number of hydrogen-bond acceptors (Lipinski definition) is 5. The van der Waals surface area contributed by atoms with Gasteiger partial charge in [-0.05, 0) is 60.7 Å². The molecule has 3 rings (SSSR count).